The van der Waals surface area contributed by atoms with Crippen LogP contribution >= 0.6 is 11.6 Å². The predicted octanol–water partition coefficient (Wildman–Crippen LogP) is 5.86. The molecular weight excluding hydrogens is 532 g/mol. The zero-order chi connectivity index (χ0) is 27.7. The summed E-state index contributed by atoms with van der Waals surface area (Å²) in [6.45, 7) is 2.88. The fraction of sp³-hybridized carbons (Fsp3) is 0.194. The van der Waals surface area contributed by atoms with E-state index < -0.39 is 16.1 Å². The van der Waals surface area contributed by atoms with Gasteiger partial charge in [0.05, 0.1) is 16.5 Å². The van der Waals surface area contributed by atoms with Gasteiger partial charge in [-0.2, -0.15) is 4.72 Å². The average Bonchev–Trinajstić information content (AvgIpc) is 2.95. The second-order valence-corrected chi connectivity index (χ2v) is 11.2. The van der Waals surface area contributed by atoms with Crippen molar-refractivity contribution in [2.24, 2.45) is 0 Å². The van der Waals surface area contributed by atoms with Crippen molar-refractivity contribution in [1.29, 1.82) is 0 Å². The Balaban J connectivity index is 1.67. The van der Waals surface area contributed by atoms with Gasteiger partial charge in [0.1, 0.15) is 11.8 Å². The third kappa shape index (κ3) is 7.93. The number of sulfonamides is 1. The molecule has 0 heterocycles. The van der Waals surface area contributed by atoms with E-state index in [1.54, 1.807) is 4.90 Å². The van der Waals surface area contributed by atoms with Crippen LogP contribution in [0.2, 0.25) is 5.02 Å². The highest BCUT2D eigenvalue weighted by Gasteiger charge is 2.30. The molecule has 4 rings (SSSR count). The van der Waals surface area contributed by atoms with Gasteiger partial charge in [0.15, 0.2) is 0 Å². The molecule has 0 spiro atoms. The molecule has 0 bridgehead atoms. The van der Waals surface area contributed by atoms with Crippen LogP contribution in [-0.2, 0) is 34.3 Å². The summed E-state index contributed by atoms with van der Waals surface area (Å²) in [5, 5.41) is 0.181. The highest BCUT2D eigenvalue weighted by molar-refractivity contribution is 7.89. The van der Waals surface area contributed by atoms with E-state index in [0.717, 1.165) is 16.7 Å². The summed E-state index contributed by atoms with van der Waals surface area (Å²) >= 11 is 6.28. The summed E-state index contributed by atoms with van der Waals surface area (Å²) in [5.74, 6) is 0.0686. The van der Waals surface area contributed by atoms with Crippen molar-refractivity contribution in [3.05, 3.63) is 131 Å². The lowest BCUT2D eigenvalue weighted by Crippen LogP contribution is -2.49. The Morgan fingerprint density at radius 1 is 0.821 bits per heavy atom. The number of rotatable bonds is 12. The first-order chi connectivity index (χ1) is 18.9. The van der Waals surface area contributed by atoms with Crippen LogP contribution in [0, 0.1) is 0 Å². The van der Waals surface area contributed by atoms with Gasteiger partial charge in [-0.3, -0.25) is 4.79 Å². The van der Waals surface area contributed by atoms with Crippen molar-refractivity contribution in [1.82, 2.24) is 9.62 Å². The summed E-state index contributed by atoms with van der Waals surface area (Å²) in [5.41, 5.74) is 2.73. The number of hydrogen-bond donors (Lipinski definition) is 1. The highest BCUT2D eigenvalue weighted by Crippen LogP contribution is 2.27. The molecule has 0 aromatic heterocycles. The number of nitrogens with zero attached hydrogens (tertiary/aromatic N) is 1. The van der Waals surface area contributed by atoms with Gasteiger partial charge in [-0.15, -0.1) is 0 Å². The van der Waals surface area contributed by atoms with Gasteiger partial charge < -0.3 is 9.64 Å². The topological polar surface area (TPSA) is 75.7 Å². The number of halogens is 1. The highest BCUT2D eigenvalue weighted by atomic mass is 35.5. The molecule has 0 fully saturated rings. The Morgan fingerprint density at radius 2 is 1.33 bits per heavy atom. The number of carbonyl (C=O) groups excluding carboxylic acids is 1. The van der Waals surface area contributed by atoms with Gasteiger partial charge >= 0.3 is 0 Å². The van der Waals surface area contributed by atoms with Gasteiger partial charge in [0, 0.05) is 13.1 Å². The number of hydrogen-bond acceptors (Lipinski definition) is 4. The van der Waals surface area contributed by atoms with E-state index in [2.05, 4.69) is 4.72 Å². The Bertz CT molecular complexity index is 1430. The van der Waals surface area contributed by atoms with Crippen LogP contribution < -0.4 is 9.46 Å². The molecule has 4 aromatic carbocycles. The lowest BCUT2D eigenvalue weighted by atomic mass is 10.0. The molecule has 8 heteroatoms. The molecule has 0 aliphatic heterocycles. The third-order valence-corrected chi connectivity index (χ3v) is 7.90. The van der Waals surface area contributed by atoms with E-state index >= 15 is 0 Å². The van der Waals surface area contributed by atoms with Crippen LogP contribution in [0.3, 0.4) is 0 Å². The van der Waals surface area contributed by atoms with E-state index in [0.29, 0.717) is 25.4 Å². The zero-order valence-electron chi connectivity index (χ0n) is 21.7. The van der Waals surface area contributed by atoms with E-state index in [1.165, 1.54) is 18.2 Å². The van der Waals surface area contributed by atoms with Crippen LogP contribution in [0.15, 0.2) is 114 Å². The molecule has 0 aliphatic rings. The molecule has 1 atom stereocenters. The molecule has 0 radical (unpaired) electrons. The maximum absolute atomic E-state index is 14.1. The van der Waals surface area contributed by atoms with Crippen LogP contribution in [0.5, 0.6) is 5.75 Å². The Hall–Kier alpha value is -3.65. The van der Waals surface area contributed by atoms with Crippen molar-refractivity contribution < 1.29 is 17.9 Å². The Labute approximate surface area is 235 Å². The smallest absolute Gasteiger partial charge is 0.241 e. The minimum atomic E-state index is -4.10. The van der Waals surface area contributed by atoms with Crippen molar-refractivity contribution in [3.8, 4) is 5.75 Å². The predicted molar refractivity (Wildman–Crippen MR) is 154 cm³/mol. The normalized spacial score (nSPS) is 12.1. The second kappa shape index (κ2) is 13.4. The van der Waals surface area contributed by atoms with Gasteiger partial charge in [-0.1, -0.05) is 103 Å². The minimum absolute atomic E-state index is 0.0421. The Kier molecular flexibility index (Phi) is 9.76. The maximum Gasteiger partial charge on any atom is 0.241 e. The van der Waals surface area contributed by atoms with Gasteiger partial charge in [0.25, 0.3) is 0 Å². The van der Waals surface area contributed by atoms with Gasteiger partial charge in [-0.05, 0) is 48.2 Å². The fourth-order valence-electron chi connectivity index (χ4n) is 4.25. The summed E-state index contributed by atoms with van der Waals surface area (Å²) in [6.07, 6.45) is 0.184. The standard InChI is InChI=1S/C31H31ClN2O4S/c1-2-38-30-19-18-27(21-28(30)32)39(36,37)33-29(20-24-12-6-3-7-13-24)31(35)34(22-25-14-8-4-9-15-25)23-26-16-10-5-11-17-26/h3-19,21,29,33H,2,20,22-23H2,1H3/t29-/m0/s1. The number of benzene rings is 4. The number of carbonyl (C=O) groups is 1. The molecule has 202 valence electrons. The van der Waals surface area contributed by atoms with Crippen molar-refractivity contribution in [3.63, 3.8) is 0 Å². The first kappa shape index (κ1) is 28.4. The molecule has 39 heavy (non-hydrogen) atoms. The number of nitrogens with one attached hydrogen (secondary N) is 1. The third-order valence-electron chi connectivity index (χ3n) is 6.14. The van der Waals surface area contributed by atoms with Crippen LogP contribution in [0.4, 0.5) is 0 Å². The van der Waals surface area contributed by atoms with Gasteiger partial charge in [-0.25, -0.2) is 8.42 Å². The van der Waals surface area contributed by atoms with Crippen molar-refractivity contribution in [2.75, 3.05) is 6.61 Å². The van der Waals surface area contributed by atoms with Crippen molar-refractivity contribution >= 4 is 27.5 Å². The SMILES string of the molecule is CCOc1ccc(S(=O)(=O)N[C@@H](Cc2ccccc2)C(=O)N(Cc2ccccc2)Cc2ccccc2)cc1Cl. The minimum Gasteiger partial charge on any atom is -0.492 e. The maximum atomic E-state index is 14.1. The molecule has 1 N–H and O–H groups in total. The van der Waals surface area contributed by atoms with Crippen LogP contribution in [0.25, 0.3) is 0 Å². The second-order valence-electron chi connectivity index (χ2n) is 9.05. The summed E-state index contributed by atoms with van der Waals surface area (Å²) in [4.78, 5) is 15.8. The zero-order valence-corrected chi connectivity index (χ0v) is 23.2. The van der Waals surface area contributed by atoms with E-state index in [1.807, 2.05) is 97.9 Å². The summed E-state index contributed by atoms with van der Waals surface area (Å²) in [7, 11) is -4.10. The van der Waals surface area contributed by atoms with Gasteiger partial charge in [0.2, 0.25) is 15.9 Å². The van der Waals surface area contributed by atoms with Crippen molar-refractivity contribution in [2.45, 2.75) is 37.4 Å². The van der Waals surface area contributed by atoms with Crippen LogP contribution in [-0.4, -0.2) is 31.9 Å². The molecular formula is C31H31ClN2O4S. The van der Waals surface area contributed by atoms with E-state index in [-0.39, 0.29) is 22.2 Å². The van der Waals surface area contributed by atoms with E-state index in [4.69, 9.17) is 16.3 Å². The average molecular weight is 563 g/mol. The lowest BCUT2D eigenvalue weighted by molar-refractivity contribution is -0.134. The largest absolute Gasteiger partial charge is 0.492 e. The molecule has 0 saturated heterocycles. The molecule has 6 nitrogen and oxygen atoms in total. The first-order valence-corrected chi connectivity index (χ1v) is 14.6. The lowest BCUT2D eigenvalue weighted by Gasteiger charge is -2.28. The quantitative estimate of drug-likeness (QED) is 0.235. The molecule has 0 unspecified atom stereocenters. The summed E-state index contributed by atoms with van der Waals surface area (Å²) in [6, 6.07) is 31.9. The summed E-state index contributed by atoms with van der Waals surface area (Å²) < 4.78 is 35.1. The first-order valence-electron chi connectivity index (χ1n) is 12.7. The number of amides is 1. The fourth-order valence-corrected chi connectivity index (χ4v) is 5.76. The monoisotopic (exact) mass is 562 g/mol. The molecule has 0 aliphatic carbocycles. The van der Waals surface area contributed by atoms with E-state index in [9.17, 15) is 13.2 Å². The molecule has 4 aromatic rings. The molecule has 1 amide bonds. The molecule has 0 saturated carbocycles. The van der Waals surface area contributed by atoms with Crippen LogP contribution in [0.1, 0.15) is 23.6 Å². The Morgan fingerprint density at radius 3 is 1.82 bits per heavy atom. The number of ether oxygens (including phenoxy) is 1.